The monoisotopic (exact) mass is 262 g/mol. The molecule has 0 saturated heterocycles. The van der Waals surface area contributed by atoms with Gasteiger partial charge in [-0.2, -0.15) is 5.10 Å². The third-order valence-corrected chi connectivity index (χ3v) is 2.76. The number of nitro benzene ring substituents is 1. The second kappa shape index (κ2) is 5.38. The van der Waals surface area contributed by atoms with Gasteiger partial charge in [-0.25, -0.2) is 0 Å². The van der Waals surface area contributed by atoms with Crippen molar-refractivity contribution in [2.24, 2.45) is 0 Å². The zero-order chi connectivity index (χ0) is 13.8. The number of nitro groups is 1. The summed E-state index contributed by atoms with van der Waals surface area (Å²) in [5.41, 5.74) is 1.27. The SMILES string of the molecule is COc1ccc(NC(C)c2ccn[nH]2)c([N+](=O)[O-])c1. The summed E-state index contributed by atoms with van der Waals surface area (Å²) in [4.78, 5) is 10.6. The van der Waals surface area contributed by atoms with Crippen LogP contribution in [0.2, 0.25) is 0 Å². The summed E-state index contributed by atoms with van der Waals surface area (Å²) in [7, 11) is 1.47. The number of methoxy groups -OCH3 is 1. The van der Waals surface area contributed by atoms with E-state index in [1.165, 1.54) is 13.2 Å². The first-order valence-electron chi connectivity index (χ1n) is 5.70. The minimum atomic E-state index is -0.440. The Kier molecular flexibility index (Phi) is 3.65. The normalized spacial score (nSPS) is 11.9. The average Bonchev–Trinajstić information content (AvgIpc) is 2.92. The van der Waals surface area contributed by atoms with Gasteiger partial charge in [0.15, 0.2) is 0 Å². The number of hydrogen-bond acceptors (Lipinski definition) is 5. The highest BCUT2D eigenvalue weighted by atomic mass is 16.6. The molecule has 0 saturated carbocycles. The average molecular weight is 262 g/mol. The Bertz CT molecular complexity index is 568. The lowest BCUT2D eigenvalue weighted by molar-refractivity contribution is -0.384. The number of aromatic amines is 1. The second-order valence-corrected chi connectivity index (χ2v) is 4.02. The molecular formula is C12H14N4O3. The van der Waals surface area contributed by atoms with Crippen molar-refractivity contribution in [2.75, 3.05) is 12.4 Å². The van der Waals surface area contributed by atoms with Crippen LogP contribution >= 0.6 is 0 Å². The van der Waals surface area contributed by atoms with Crippen LogP contribution in [0.4, 0.5) is 11.4 Å². The van der Waals surface area contributed by atoms with Gasteiger partial charge in [0.25, 0.3) is 5.69 Å². The Morgan fingerprint density at radius 1 is 1.47 bits per heavy atom. The molecule has 19 heavy (non-hydrogen) atoms. The molecule has 2 rings (SSSR count). The summed E-state index contributed by atoms with van der Waals surface area (Å²) in [6, 6.07) is 6.39. The Balaban J connectivity index is 2.27. The Hall–Kier alpha value is -2.57. The molecule has 0 spiro atoms. The maximum Gasteiger partial charge on any atom is 0.296 e. The molecule has 7 heteroatoms. The van der Waals surface area contributed by atoms with E-state index in [4.69, 9.17) is 4.74 Å². The quantitative estimate of drug-likeness (QED) is 0.637. The molecule has 7 nitrogen and oxygen atoms in total. The minimum absolute atomic E-state index is 0.0225. The van der Waals surface area contributed by atoms with Crippen LogP contribution in [0.15, 0.2) is 30.5 Å². The van der Waals surface area contributed by atoms with Gasteiger partial charge in [-0.05, 0) is 25.1 Å². The maximum atomic E-state index is 11.0. The van der Waals surface area contributed by atoms with Crippen molar-refractivity contribution in [1.82, 2.24) is 10.2 Å². The molecule has 2 N–H and O–H groups in total. The van der Waals surface area contributed by atoms with Crippen molar-refractivity contribution < 1.29 is 9.66 Å². The van der Waals surface area contributed by atoms with Crippen LogP contribution < -0.4 is 10.1 Å². The highest BCUT2D eigenvalue weighted by Crippen LogP contribution is 2.31. The molecule has 0 fully saturated rings. The summed E-state index contributed by atoms with van der Waals surface area (Å²) in [6.45, 7) is 1.89. The van der Waals surface area contributed by atoms with Crippen molar-refractivity contribution in [2.45, 2.75) is 13.0 Å². The number of nitrogens with one attached hydrogen (secondary N) is 2. The number of aromatic nitrogens is 2. The molecule has 1 aromatic carbocycles. The summed E-state index contributed by atoms with van der Waals surface area (Å²) >= 11 is 0. The van der Waals surface area contributed by atoms with Gasteiger partial charge in [-0.15, -0.1) is 0 Å². The van der Waals surface area contributed by atoms with Gasteiger partial charge in [0.2, 0.25) is 0 Å². The zero-order valence-electron chi connectivity index (χ0n) is 10.6. The Morgan fingerprint density at radius 3 is 2.84 bits per heavy atom. The molecule has 0 bridgehead atoms. The van der Waals surface area contributed by atoms with Crippen LogP contribution in [0.25, 0.3) is 0 Å². The van der Waals surface area contributed by atoms with E-state index in [1.54, 1.807) is 18.3 Å². The lowest BCUT2D eigenvalue weighted by Crippen LogP contribution is -2.09. The van der Waals surface area contributed by atoms with Crippen molar-refractivity contribution >= 4 is 11.4 Å². The van der Waals surface area contributed by atoms with Crippen LogP contribution in [0.3, 0.4) is 0 Å². The fourth-order valence-corrected chi connectivity index (χ4v) is 1.73. The second-order valence-electron chi connectivity index (χ2n) is 4.02. The fraction of sp³-hybridized carbons (Fsp3) is 0.250. The highest BCUT2D eigenvalue weighted by molar-refractivity contribution is 5.64. The molecule has 100 valence electrons. The van der Waals surface area contributed by atoms with Crippen LogP contribution in [0.5, 0.6) is 5.75 Å². The number of rotatable bonds is 5. The number of hydrogen-bond donors (Lipinski definition) is 2. The van der Waals surface area contributed by atoms with Gasteiger partial charge in [-0.3, -0.25) is 15.2 Å². The molecule has 0 aliphatic carbocycles. The number of anilines is 1. The van der Waals surface area contributed by atoms with Gasteiger partial charge in [0.1, 0.15) is 11.4 Å². The van der Waals surface area contributed by atoms with Gasteiger partial charge in [0, 0.05) is 6.20 Å². The minimum Gasteiger partial charge on any atom is -0.496 e. The van der Waals surface area contributed by atoms with Gasteiger partial charge < -0.3 is 10.1 Å². The van der Waals surface area contributed by atoms with E-state index in [0.717, 1.165) is 5.69 Å². The Morgan fingerprint density at radius 2 is 2.26 bits per heavy atom. The van der Waals surface area contributed by atoms with Crippen molar-refractivity contribution in [1.29, 1.82) is 0 Å². The van der Waals surface area contributed by atoms with E-state index >= 15 is 0 Å². The van der Waals surface area contributed by atoms with E-state index < -0.39 is 4.92 Å². The highest BCUT2D eigenvalue weighted by Gasteiger charge is 2.17. The first-order chi connectivity index (χ1) is 9.11. The molecule has 1 heterocycles. The Labute approximate surface area is 109 Å². The van der Waals surface area contributed by atoms with Crippen LogP contribution in [-0.2, 0) is 0 Å². The van der Waals surface area contributed by atoms with E-state index in [2.05, 4.69) is 15.5 Å². The molecule has 0 amide bonds. The molecule has 1 aromatic heterocycles. The summed E-state index contributed by atoms with van der Waals surface area (Å²) < 4.78 is 4.99. The first kappa shape index (κ1) is 12.9. The van der Waals surface area contributed by atoms with Gasteiger partial charge >= 0.3 is 0 Å². The zero-order valence-corrected chi connectivity index (χ0v) is 10.6. The molecule has 0 aliphatic rings. The predicted octanol–water partition coefficient (Wildman–Crippen LogP) is 2.50. The molecule has 0 radical (unpaired) electrons. The lowest BCUT2D eigenvalue weighted by Gasteiger charge is -2.14. The third kappa shape index (κ3) is 2.82. The number of benzene rings is 1. The van der Waals surface area contributed by atoms with Crippen LogP contribution in [-0.4, -0.2) is 22.2 Å². The molecular weight excluding hydrogens is 248 g/mol. The maximum absolute atomic E-state index is 11.0. The molecule has 1 unspecified atom stereocenters. The number of ether oxygens (including phenoxy) is 1. The number of nitrogens with zero attached hydrogens (tertiary/aromatic N) is 2. The van der Waals surface area contributed by atoms with Crippen molar-refractivity contribution in [3.63, 3.8) is 0 Å². The molecule has 2 aromatic rings. The predicted molar refractivity (Wildman–Crippen MR) is 70.3 cm³/mol. The lowest BCUT2D eigenvalue weighted by atomic mass is 10.2. The smallest absolute Gasteiger partial charge is 0.296 e. The largest absolute Gasteiger partial charge is 0.496 e. The standard InChI is InChI=1S/C12H14N4O3/c1-8(10-5-6-13-15-10)14-11-4-3-9(19-2)7-12(11)16(17)18/h3-8,14H,1-2H3,(H,13,15). The van der Waals surface area contributed by atoms with E-state index in [-0.39, 0.29) is 11.7 Å². The third-order valence-electron chi connectivity index (χ3n) is 2.76. The van der Waals surface area contributed by atoms with Crippen molar-refractivity contribution in [3.8, 4) is 5.75 Å². The van der Waals surface area contributed by atoms with Crippen LogP contribution in [0.1, 0.15) is 18.7 Å². The summed E-state index contributed by atoms with van der Waals surface area (Å²) in [5.74, 6) is 0.450. The topological polar surface area (TPSA) is 93.1 Å². The van der Waals surface area contributed by atoms with Crippen LogP contribution in [0, 0.1) is 10.1 Å². The van der Waals surface area contributed by atoms with Gasteiger partial charge in [-0.1, -0.05) is 0 Å². The van der Waals surface area contributed by atoms with Crippen molar-refractivity contribution in [3.05, 3.63) is 46.3 Å². The molecule has 0 aliphatic heterocycles. The van der Waals surface area contributed by atoms with E-state index in [9.17, 15) is 10.1 Å². The van der Waals surface area contributed by atoms with E-state index in [0.29, 0.717) is 11.4 Å². The van der Waals surface area contributed by atoms with Gasteiger partial charge in [0.05, 0.1) is 29.8 Å². The fourth-order valence-electron chi connectivity index (χ4n) is 1.73. The number of H-pyrrole nitrogens is 1. The summed E-state index contributed by atoms with van der Waals surface area (Å²) in [5, 5.41) is 20.8. The molecule has 1 atom stereocenters. The summed E-state index contributed by atoms with van der Waals surface area (Å²) in [6.07, 6.45) is 1.63. The van der Waals surface area contributed by atoms with E-state index in [1.807, 2.05) is 13.0 Å². The first-order valence-corrected chi connectivity index (χ1v) is 5.70.